The zero-order valence-electron chi connectivity index (χ0n) is 15.5. The summed E-state index contributed by atoms with van der Waals surface area (Å²) >= 11 is 3.52. The first-order valence-corrected chi connectivity index (χ1v) is 9.88. The van der Waals surface area contributed by atoms with Gasteiger partial charge in [-0.25, -0.2) is 0 Å². The quantitative estimate of drug-likeness (QED) is 0.356. The Kier molecular flexibility index (Phi) is 5.18. The topological polar surface area (TPSA) is 86.4 Å². The first-order chi connectivity index (χ1) is 14.0. The molecule has 6 heteroatoms. The van der Waals surface area contributed by atoms with Crippen molar-refractivity contribution in [1.82, 2.24) is 4.57 Å². The van der Waals surface area contributed by atoms with Crippen LogP contribution in [0.2, 0.25) is 0 Å². The van der Waals surface area contributed by atoms with Crippen LogP contribution >= 0.6 is 15.9 Å². The molecule has 3 aromatic carbocycles. The number of hydrogen-bond acceptors (Lipinski definition) is 1. The molecule has 0 bridgehead atoms. The number of rotatable bonds is 4. The van der Waals surface area contributed by atoms with E-state index in [1.54, 1.807) is 0 Å². The molecular formula is C23H19BrN4O. The maximum Gasteiger partial charge on any atom is 0.268 e. The summed E-state index contributed by atoms with van der Waals surface area (Å²) in [6, 6.07) is 26.3. The van der Waals surface area contributed by atoms with Crippen molar-refractivity contribution in [2.75, 3.05) is 0 Å². The molecule has 1 amide bonds. The predicted molar refractivity (Wildman–Crippen MR) is 121 cm³/mol. The molecular weight excluding hydrogens is 428 g/mol. The number of carbonyl (C=O) groups excluding carboxylic acids is 1. The second-order valence-electron chi connectivity index (χ2n) is 6.66. The lowest BCUT2D eigenvalue weighted by molar-refractivity contribution is -0.118. The van der Waals surface area contributed by atoms with E-state index in [9.17, 15) is 4.79 Å². The van der Waals surface area contributed by atoms with Gasteiger partial charge in [-0.2, -0.15) is 4.99 Å². The monoisotopic (exact) mass is 446 g/mol. The van der Waals surface area contributed by atoms with Crippen LogP contribution in [0.5, 0.6) is 0 Å². The number of aliphatic imine (C=N–C) groups is 1. The van der Waals surface area contributed by atoms with Gasteiger partial charge in [-0.3, -0.25) is 4.79 Å². The Bertz CT molecular complexity index is 1230. The van der Waals surface area contributed by atoms with E-state index in [1.807, 2.05) is 59.2 Å². The van der Waals surface area contributed by atoms with Crippen molar-refractivity contribution in [3.8, 4) is 22.5 Å². The van der Waals surface area contributed by atoms with Crippen LogP contribution in [0.15, 0.2) is 88.3 Å². The summed E-state index contributed by atoms with van der Waals surface area (Å²) in [7, 11) is 0. The summed E-state index contributed by atoms with van der Waals surface area (Å²) in [6.45, 7) is 0.0330. The van der Waals surface area contributed by atoms with Crippen LogP contribution in [0.4, 0.5) is 0 Å². The molecule has 29 heavy (non-hydrogen) atoms. The van der Waals surface area contributed by atoms with E-state index in [2.05, 4.69) is 45.2 Å². The van der Waals surface area contributed by atoms with Crippen molar-refractivity contribution in [3.63, 3.8) is 0 Å². The average Bonchev–Trinajstić information content (AvgIpc) is 3.10. The Balaban J connectivity index is 1.92. The maximum absolute atomic E-state index is 12.4. The van der Waals surface area contributed by atoms with Crippen LogP contribution in [0, 0.1) is 0 Å². The largest absolute Gasteiger partial charge is 0.370 e. The minimum absolute atomic E-state index is 0.0330. The highest BCUT2D eigenvalue weighted by molar-refractivity contribution is 9.10. The van der Waals surface area contributed by atoms with Gasteiger partial charge >= 0.3 is 0 Å². The fourth-order valence-corrected chi connectivity index (χ4v) is 3.94. The van der Waals surface area contributed by atoms with Crippen LogP contribution in [0.25, 0.3) is 33.3 Å². The number of benzene rings is 3. The molecule has 0 atom stereocenters. The van der Waals surface area contributed by atoms with E-state index in [0.717, 1.165) is 37.8 Å². The Hall–Kier alpha value is -3.38. The molecule has 0 spiro atoms. The highest BCUT2D eigenvalue weighted by atomic mass is 79.9. The second kappa shape index (κ2) is 7.93. The number of nitrogens with zero attached hydrogens (tertiary/aromatic N) is 2. The lowest BCUT2D eigenvalue weighted by Gasteiger charge is -2.14. The molecule has 0 saturated carbocycles. The summed E-state index contributed by atoms with van der Waals surface area (Å²) in [5.74, 6) is -0.642. The summed E-state index contributed by atoms with van der Waals surface area (Å²) in [6.07, 6.45) is 0. The average molecular weight is 447 g/mol. The molecule has 0 saturated heterocycles. The third-order valence-electron chi connectivity index (χ3n) is 4.71. The zero-order valence-corrected chi connectivity index (χ0v) is 17.1. The second-order valence-corrected chi connectivity index (χ2v) is 7.57. The van der Waals surface area contributed by atoms with E-state index in [-0.39, 0.29) is 12.5 Å². The summed E-state index contributed by atoms with van der Waals surface area (Å²) < 4.78 is 2.92. The first-order valence-electron chi connectivity index (χ1n) is 9.09. The lowest BCUT2D eigenvalue weighted by Crippen LogP contribution is -2.25. The molecule has 1 heterocycles. The summed E-state index contributed by atoms with van der Waals surface area (Å²) in [5, 5.41) is 2.25. The van der Waals surface area contributed by atoms with Gasteiger partial charge in [-0.15, -0.1) is 0 Å². The smallest absolute Gasteiger partial charge is 0.268 e. The number of fused-ring (bicyclic) bond motifs is 1. The van der Waals surface area contributed by atoms with Crippen LogP contribution in [0.1, 0.15) is 0 Å². The fraction of sp³-hybridized carbons (Fsp3) is 0.0435. The molecule has 5 nitrogen and oxygen atoms in total. The lowest BCUT2D eigenvalue weighted by atomic mass is 10.0. The van der Waals surface area contributed by atoms with Gasteiger partial charge in [0.25, 0.3) is 5.91 Å². The molecule has 0 aliphatic heterocycles. The molecule has 0 fully saturated rings. The number of guanidine groups is 1. The minimum atomic E-state index is -0.404. The molecule has 0 aliphatic rings. The molecule has 4 aromatic rings. The van der Waals surface area contributed by atoms with Gasteiger partial charge in [0.1, 0.15) is 6.54 Å². The van der Waals surface area contributed by atoms with Crippen LogP contribution < -0.4 is 11.5 Å². The van der Waals surface area contributed by atoms with Gasteiger partial charge in [0, 0.05) is 21.4 Å². The summed E-state index contributed by atoms with van der Waals surface area (Å²) in [5.41, 5.74) is 14.7. The molecule has 1 aromatic heterocycles. The van der Waals surface area contributed by atoms with Gasteiger partial charge in [-0.05, 0) is 40.6 Å². The number of carbonyl (C=O) groups is 1. The third kappa shape index (κ3) is 3.93. The van der Waals surface area contributed by atoms with Gasteiger partial charge in [0.05, 0.1) is 0 Å². The number of halogens is 1. The minimum Gasteiger partial charge on any atom is -0.370 e. The van der Waals surface area contributed by atoms with Crippen molar-refractivity contribution < 1.29 is 4.79 Å². The van der Waals surface area contributed by atoms with Crippen molar-refractivity contribution in [2.45, 2.75) is 6.54 Å². The van der Waals surface area contributed by atoms with Crippen molar-refractivity contribution in [1.29, 1.82) is 0 Å². The maximum atomic E-state index is 12.4. The van der Waals surface area contributed by atoms with E-state index in [1.165, 1.54) is 0 Å². The van der Waals surface area contributed by atoms with E-state index >= 15 is 0 Å². The fourth-order valence-electron chi connectivity index (χ4n) is 3.54. The van der Waals surface area contributed by atoms with E-state index < -0.39 is 5.91 Å². The number of amides is 1. The van der Waals surface area contributed by atoms with Crippen LogP contribution in [-0.4, -0.2) is 16.4 Å². The first kappa shape index (κ1) is 19.0. The molecule has 4 rings (SSSR count). The van der Waals surface area contributed by atoms with Gasteiger partial charge in [0.15, 0.2) is 5.96 Å². The van der Waals surface area contributed by atoms with E-state index in [0.29, 0.717) is 0 Å². The predicted octanol–water partition coefficient (Wildman–Crippen LogP) is 4.54. The third-order valence-corrected chi connectivity index (χ3v) is 5.21. The number of hydrogen-bond donors (Lipinski definition) is 2. The molecule has 0 radical (unpaired) electrons. The van der Waals surface area contributed by atoms with Gasteiger partial charge in [0.2, 0.25) is 0 Å². The van der Waals surface area contributed by atoms with E-state index in [4.69, 9.17) is 11.5 Å². The standard InChI is InChI=1S/C23H19BrN4O/c24-17-8-3-7-16(13-17)20-11-12-21(28(20)14-22(29)27-23(25)26)19-10-4-6-15-5-1-2-9-18(15)19/h1-13H,14H2,(H4,25,26,27,29). The molecule has 0 unspecified atom stereocenters. The molecule has 4 N–H and O–H groups in total. The highest BCUT2D eigenvalue weighted by Crippen LogP contribution is 2.34. The van der Waals surface area contributed by atoms with Gasteiger partial charge < -0.3 is 16.0 Å². The Morgan fingerprint density at radius 2 is 1.62 bits per heavy atom. The normalized spacial score (nSPS) is 10.8. The number of nitrogens with two attached hydrogens (primary N) is 2. The zero-order chi connectivity index (χ0) is 20.4. The number of aromatic nitrogens is 1. The molecule has 0 aliphatic carbocycles. The Morgan fingerprint density at radius 1 is 0.897 bits per heavy atom. The highest BCUT2D eigenvalue weighted by Gasteiger charge is 2.16. The molecule has 144 valence electrons. The summed E-state index contributed by atoms with van der Waals surface area (Å²) in [4.78, 5) is 16.1. The Morgan fingerprint density at radius 3 is 2.41 bits per heavy atom. The van der Waals surface area contributed by atoms with Crippen LogP contribution in [-0.2, 0) is 11.3 Å². The Labute approximate surface area is 176 Å². The van der Waals surface area contributed by atoms with Gasteiger partial charge in [-0.1, -0.05) is 70.5 Å². The van der Waals surface area contributed by atoms with Crippen molar-refractivity contribution >= 4 is 38.6 Å². The van der Waals surface area contributed by atoms with Crippen LogP contribution in [0.3, 0.4) is 0 Å². The van der Waals surface area contributed by atoms with Crippen molar-refractivity contribution in [2.24, 2.45) is 16.5 Å². The van der Waals surface area contributed by atoms with Crippen molar-refractivity contribution in [3.05, 3.63) is 83.3 Å². The SMILES string of the molecule is NC(N)=NC(=O)Cn1c(-c2cccc(Br)c2)ccc1-c1cccc2ccccc12.